The van der Waals surface area contributed by atoms with Gasteiger partial charge in [-0.15, -0.1) is 0 Å². The van der Waals surface area contributed by atoms with Crippen molar-refractivity contribution in [2.24, 2.45) is 0 Å². The molecule has 0 fully saturated rings. The van der Waals surface area contributed by atoms with Crippen LogP contribution in [0.2, 0.25) is 0 Å². The van der Waals surface area contributed by atoms with Gasteiger partial charge in [-0.3, -0.25) is 9.11 Å². The van der Waals surface area contributed by atoms with Gasteiger partial charge in [0.05, 0.1) is 4.90 Å². The molecule has 0 amide bonds. The maximum absolute atomic E-state index is 11.2. The van der Waals surface area contributed by atoms with Gasteiger partial charge >= 0.3 is 0 Å². The van der Waals surface area contributed by atoms with Crippen LogP contribution in [0.25, 0.3) is 10.8 Å². The van der Waals surface area contributed by atoms with Gasteiger partial charge < -0.3 is 0 Å². The minimum atomic E-state index is -4.59. The second kappa shape index (κ2) is 4.02. The van der Waals surface area contributed by atoms with E-state index >= 15 is 0 Å². The van der Waals surface area contributed by atoms with Crippen molar-refractivity contribution in [2.45, 2.75) is 9.79 Å². The van der Waals surface area contributed by atoms with Gasteiger partial charge in [-0.2, -0.15) is 16.8 Å². The largest absolute Gasteiger partial charge is 0.295 e. The lowest BCUT2D eigenvalue weighted by Crippen LogP contribution is -2.04. The second-order valence-electron chi connectivity index (χ2n) is 3.59. The van der Waals surface area contributed by atoms with E-state index in [1.165, 1.54) is 12.1 Å². The summed E-state index contributed by atoms with van der Waals surface area (Å²) in [7, 11) is -9.14. The molecular weight excluding hydrogens is 280 g/mol. The number of fused-ring (bicyclic) bond motifs is 1. The Labute approximate surface area is 103 Å². The smallest absolute Gasteiger partial charge is 0.282 e. The lowest BCUT2D eigenvalue weighted by molar-refractivity contribution is 0.482. The molecule has 0 bridgehead atoms. The highest BCUT2D eigenvalue weighted by Crippen LogP contribution is 2.26. The number of hydrogen-bond acceptors (Lipinski definition) is 4. The number of rotatable bonds is 2. The Morgan fingerprint density at radius 2 is 1.44 bits per heavy atom. The monoisotopic (exact) mass is 288 g/mol. The predicted molar refractivity (Wildman–Crippen MR) is 63.6 cm³/mol. The maximum Gasteiger partial charge on any atom is 0.295 e. The quantitative estimate of drug-likeness (QED) is 0.807. The Morgan fingerprint density at radius 3 is 2.00 bits per heavy atom. The van der Waals surface area contributed by atoms with Crippen LogP contribution < -0.4 is 0 Å². The fourth-order valence-electron chi connectivity index (χ4n) is 1.61. The Morgan fingerprint density at radius 1 is 0.833 bits per heavy atom. The summed E-state index contributed by atoms with van der Waals surface area (Å²) < 4.78 is 62.5. The Balaban J connectivity index is 3.00. The highest BCUT2D eigenvalue weighted by atomic mass is 32.2. The maximum atomic E-state index is 11.2. The van der Waals surface area contributed by atoms with Gasteiger partial charge in [0.1, 0.15) is 4.90 Å². The second-order valence-corrected chi connectivity index (χ2v) is 6.40. The van der Waals surface area contributed by atoms with Crippen molar-refractivity contribution in [3.05, 3.63) is 36.4 Å². The molecule has 2 aromatic rings. The lowest BCUT2D eigenvalue weighted by atomic mass is 10.1. The van der Waals surface area contributed by atoms with Crippen molar-refractivity contribution >= 4 is 31.0 Å². The lowest BCUT2D eigenvalue weighted by Gasteiger charge is -2.06. The van der Waals surface area contributed by atoms with E-state index in [-0.39, 0.29) is 10.8 Å². The summed E-state index contributed by atoms with van der Waals surface area (Å²) in [5.41, 5.74) is 0. The molecule has 18 heavy (non-hydrogen) atoms. The Kier molecular flexibility index (Phi) is 2.90. The Bertz CT molecular complexity index is 821. The van der Waals surface area contributed by atoms with Crippen molar-refractivity contribution in [3.63, 3.8) is 0 Å². The Hall–Kier alpha value is -1.48. The zero-order chi connectivity index (χ0) is 13.6. The van der Waals surface area contributed by atoms with Crippen LogP contribution >= 0.6 is 0 Å². The zero-order valence-electron chi connectivity index (χ0n) is 8.81. The average molecular weight is 288 g/mol. The van der Waals surface area contributed by atoms with E-state index in [9.17, 15) is 16.8 Å². The van der Waals surface area contributed by atoms with Gasteiger partial charge in [0.2, 0.25) is 0 Å². The fourth-order valence-corrected chi connectivity index (χ4v) is 2.97. The molecule has 2 N–H and O–H groups in total. The molecule has 0 aliphatic heterocycles. The van der Waals surface area contributed by atoms with Crippen LogP contribution in [0.5, 0.6) is 0 Å². The molecule has 0 radical (unpaired) electrons. The van der Waals surface area contributed by atoms with E-state index in [0.717, 1.165) is 6.07 Å². The molecule has 0 aliphatic carbocycles. The van der Waals surface area contributed by atoms with Gasteiger partial charge in [-0.25, -0.2) is 0 Å². The summed E-state index contributed by atoms with van der Waals surface area (Å²) in [4.78, 5) is -1.15. The fraction of sp³-hybridized carbons (Fsp3) is 0. The first-order valence-electron chi connectivity index (χ1n) is 4.67. The van der Waals surface area contributed by atoms with Crippen LogP contribution in [0.4, 0.5) is 0 Å². The summed E-state index contributed by atoms with van der Waals surface area (Å²) in [6, 6.07) is 7.85. The zero-order valence-corrected chi connectivity index (χ0v) is 10.4. The van der Waals surface area contributed by atoms with Crippen molar-refractivity contribution in [2.75, 3.05) is 0 Å². The SMILES string of the molecule is O=S(=O)(O)c1cc(S(=O)(=O)O)c2ccccc2c1. The molecule has 96 valence electrons. The first-order valence-corrected chi connectivity index (χ1v) is 7.55. The summed E-state index contributed by atoms with van der Waals surface area (Å²) in [6.45, 7) is 0. The molecular formula is C10H8O6S2. The van der Waals surface area contributed by atoms with E-state index in [1.807, 2.05) is 0 Å². The van der Waals surface area contributed by atoms with E-state index in [4.69, 9.17) is 9.11 Å². The molecule has 0 heterocycles. The van der Waals surface area contributed by atoms with Crippen LogP contribution in [-0.4, -0.2) is 25.9 Å². The van der Waals surface area contributed by atoms with E-state index < -0.39 is 30.0 Å². The van der Waals surface area contributed by atoms with Crippen molar-refractivity contribution in [3.8, 4) is 0 Å². The summed E-state index contributed by atoms with van der Waals surface area (Å²) in [5, 5.41) is 0.452. The summed E-state index contributed by atoms with van der Waals surface area (Å²) in [5.74, 6) is 0. The van der Waals surface area contributed by atoms with Crippen molar-refractivity contribution in [1.82, 2.24) is 0 Å². The van der Waals surface area contributed by atoms with Gasteiger partial charge in [-0.05, 0) is 17.5 Å². The normalized spacial score (nSPS) is 12.8. The number of hydrogen-bond donors (Lipinski definition) is 2. The van der Waals surface area contributed by atoms with E-state index in [0.29, 0.717) is 6.07 Å². The highest BCUT2D eigenvalue weighted by Gasteiger charge is 2.19. The molecule has 0 atom stereocenters. The first kappa shape index (κ1) is 13.0. The molecule has 0 saturated heterocycles. The molecule has 8 heteroatoms. The van der Waals surface area contributed by atoms with Gasteiger partial charge in [0, 0.05) is 5.39 Å². The van der Waals surface area contributed by atoms with E-state index in [1.54, 1.807) is 12.1 Å². The third-order valence-electron chi connectivity index (χ3n) is 2.37. The molecule has 0 spiro atoms. The van der Waals surface area contributed by atoms with Crippen LogP contribution in [-0.2, 0) is 20.2 Å². The van der Waals surface area contributed by atoms with Crippen LogP contribution in [0.15, 0.2) is 46.2 Å². The number of benzene rings is 2. The third kappa shape index (κ3) is 2.36. The van der Waals surface area contributed by atoms with Crippen molar-refractivity contribution < 1.29 is 25.9 Å². The molecule has 2 aromatic carbocycles. The molecule has 2 rings (SSSR count). The van der Waals surface area contributed by atoms with Crippen LogP contribution in [0.3, 0.4) is 0 Å². The van der Waals surface area contributed by atoms with Crippen LogP contribution in [0.1, 0.15) is 0 Å². The summed E-state index contributed by atoms with van der Waals surface area (Å²) >= 11 is 0. The third-order valence-corrected chi connectivity index (χ3v) is 4.10. The van der Waals surface area contributed by atoms with Crippen LogP contribution in [0, 0.1) is 0 Å². The minimum absolute atomic E-state index is 0.174. The van der Waals surface area contributed by atoms with E-state index in [2.05, 4.69) is 0 Å². The van der Waals surface area contributed by atoms with Gasteiger partial charge in [0.25, 0.3) is 20.2 Å². The molecule has 0 aliphatic rings. The standard InChI is InChI=1S/C10H8O6S2/c11-17(12,13)8-5-7-3-1-2-4-9(7)10(6-8)18(14,15)16/h1-6H,(H,11,12,13)(H,14,15,16). The van der Waals surface area contributed by atoms with Crippen molar-refractivity contribution in [1.29, 1.82) is 0 Å². The molecule has 6 nitrogen and oxygen atoms in total. The summed E-state index contributed by atoms with van der Waals surface area (Å²) in [6.07, 6.45) is 0. The molecule has 0 unspecified atom stereocenters. The predicted octanol–water partition coefficient (Wildman–Crippen LogP) is 1.33. The molecule has 0 aromatic heterocycles. The molecule has 0 saturated carbocycles. The van der Waals surface area contributed by atoms with Gasteiger partial charge in [-0.1, -0.05) is 24.3 Å². The first-order chi connectivity index (χ1) is 8.19. The van der Waals surface area contributed by atoms with Gasteiger partial charge in [0.15, 0.2) is 0 Å². The topological polar surface area (TPSA) is 109 Å². The highest BCUT2D eigenvalue weighted by molar-refractivity contribution is 7.86. The minimum Gasteiger partial charge on any atom is -0.282 e. The average Bonchev–Trinajstić information content (AvgIpc) is 2.25.